The first-order valence-corrected chi connectivity index (χ1v) is 9.25. The molecule has 0 saturated heterocycles. The lowest BCUT2D eigenvalue weighted by Crippen LogP contribution is -2.03. The van der Waals surface area contributed by atoms with Crippen LogP contribution in [0.5, 0.6) is 17.2 Å². The molecule has 0 radical (unpaired) electrons. The molecule has 5 heteroatoms. The third kappa shape index (κ3) is 4.50. The fourth-order valence-electron chi connectivity index (χ4n) is 2.81. The first-order valence-electron chi connectivity index (χ1n) is 9.25. The van der Waals surface area contributed by atoms with Crippen LogP contribution in [0.3, 0.4) is 0 Å². The van der Waals surface area contributed by atoms with Crippen molar-refractivity contribution in [3.8, 4) is 17.2 Å². The highest BCUT2D eigenvalue weighted by Crippen LogP contribution is 2.30. The zero-order valence-corrected chi connectivity index (χ0v) is 15.6. The van der Waals surface area contributed by atoms with E-state index in [2.05, 4.69) is 4.99 Å². The van der Waals surface area contributed by atoms with Crippen molar-refractivity contribution in [3.05, 3.63) is 83.9 Å². The highest BCUT2D eigenvalue weighted by molar-refractivity contribution is 5.79. The van der Waals surface area contributed by atoms with Gasteiger partial charge in [0.1, 0.15) is 24.7 Å². The molecule has 0 unspecified atom stereocenters. The minimum atomic E-state index is 0.420. The highest BCUT2D eigenvalue weighted by atomic mass is 17.2. The highest BCUT2D eigenvalue weighted by Gasteiger charge is 2.14. The third-order valence-corrected chi connectivity index (χ3v) is 4.25. The van der Waals surface area contributed by atoms with Gasteiger partial charge in [-0.1, -0.05) is 43.3 Å². The molecular weight excluding hydrogens is 354 g/mol. The summed E-state index contributed by atoms with van der Waals surface area (Å²) in [7, 11) is 0. The van der Waals surface area contributed by atoms with Gasteiger partial charge in [0.15, 0.2) is 11.6 Å². The lowest BCUT2D eigenvalue weighted by atomic mass is 10.2. The van der Waals surface area contributed by atoms with Gasteiger partial charge in [-0.3, -0.25) is 0 Å². The zero-order chi connectivity index (χ0) is 19.2. The number of hydrogen-bond donors (Lipinski definition) is 0. The molecule has 0 bridgehead atoms. The van der Waals surface area contributed by atoms with E-state index in [9.17, 15) is 0 Å². The number of rotatable bonds is 6. The standard InChI is InChI=1S/C23H21NO4/c1-2-23(24-19-12-11-18-16-26-28-22(18)14-19)25-15-17-7-6-10-21(13-17)27-20-8-4-3-5-9-20/h3-14H,2,15-16H2,1H3/b24-23-. The van der Waals surface area contributed by atoms with E-state index in [1.54, 1.807) is 0 Å². The predicted molar refractivity (Wildman–Crippen MR) is 107 cm³/mol. The number of para-hydroxylation sites is 1. The van der Waals surface area contributed by atoms with Crippen molar-refractivity contribution in [3.63, 3.8) is 0 Å². The van der Waals surface area contributed by atoms with Gasteiger partial charge in [-0.25, -0.2) is 4.99 Å². The van der Waals surface area contributed by atoms with E-state index < -0.39 is 0 Å². The van der Waals surface area contributed by atoms with Crippen LogP contribution < -0.4 is 9.62 Å². The van der Waals surface area contributed by atoms with Crippen molar-refractivity contribution in [1.82, 2.24) is 0 Å². The minimum Gasteiger partial charge on any atom is -0.476 e. The molecule has 0 atom stereocenters. The first kappa shape index (κ1) is 18.1. The number of fused-ring (bicyclic) bond motifs is 1. The van der Waals surface area contributed by atoms with Crippen molar-refractivity contribution in [2.75, 3.05) is 0 Å². The first-order chi connectivity index (χ1) is 13.8. The van der Waals surface area contributed by atoms with Crippen LogP contribution >= 0.6 is 0 Å². The predicted octanol–water partition coefficient (Wildman–Crippen LogP) is 5.96. The van der Waals surface area contributed by atoms with E-state index in [0.717, 1.165) is 28.3 Å². The molecule has 5 nitrogen and oxygen atoms in total. The van der Waals surface area contributed by atoms with Crippen LogP contribution in [0.4, 0.5) is 5.69 Å². The SMILES string of the molecule is CC/C(=N/c1ccc2c(c1)OOC2)OCc1cccc(Oc2ccccc2)c1. The molecule has 142 valence electrons. The maximum absolute atomic E-state index is 5.93. The van der Waals surface area contributed by atoms with Crippen molar-refractivity contribution < 1.29 is 19.2 Å². The zero-order valence-electron chi connectivity index (χ0n) is 15.6. The number of aliphatic imine (C=N–C) groups is 1. The second-order valence-electron chi connectivity index (χ2n) is 6.35. The second-order valence-corrected chi connectivity index (χ2v) is 6.35. The molecular formula is C23H21NO4. The van der Waals surface area contributed by atoms with E-state index in [4.69, 9.17) is 19.2 Å². The number of nitrogens with zero attached hydrogens (tertiary/aromatic N) is 1. The van der Waals surface area contributed by atoms with Crippen molar-refractivity contribution >= 4 is 11.6 Å². The van der Waals surface area contributed by atoms with E-state index in [0.29, 0.717) is 31.3 Å². The monoisotopic (exact) mass is 375 g/mol. The summed E-state index contributed by atoms with van der Waals surface area (Å²) in [5.74, 6) is 2.95. The average Bonchev–Trinajstić information content (AvgIpc) is 3.20. The normalized spacial score (nSPS) is 13.0. The average molecular weight is 375 g/mol. The maximum Gasteiger partial charge on any atom is 0.188 e. The third-order valence-electron chi connectivity index (χ3n) is 4.25. The fourth-order valence-corrected chi connectivity index (χ4v) is 2.81. The van der Waals surface area contributed by atoms with Gasteiger partial charge in [0, 0.05) is 18.1 Å². The number of benzene rings is 3. The molecule has 0 saturated carbocycles. The molecule has 0 aliphatic carbocycles. The molecule has 0 spiro atoms. The molecule has 3 aromatic carbocycles. The van der Waals surface area contributed by atoms with E-state index in [-0.39, 0.29) is 0 Å². The van der Waals surface area contributed by atoms with E-state index in [1.807, 2.05) is 79.7 Å². The molecule has 0 aromatic heterocycles. The van der Waals surface area contributed by atoms with E-state index in [1.165, 1.54) is 0 Å². The Balaban J connectivity index is 1.42. The van der Waals surface area contributed by atoms with Crippen LogP contribution in [0, 0.1) is 0 Å². The van der Waals surface area contributed by atoms with Gasteiger partial charge < -0.3 is 14.4 Å². The van der Waals surface area contributed by atoms with Gasteiger partial charge in [0.2, 0.25) is 0 Å². The Morgan fingerprint density at radius 1 is 0.964 bits per heavy atom. The topological polar surface area (TPSA) is 49.3 Å². The number of ether oxygens (including phenoxy) is 2. The molecule has 1 aliphatic heterocycles. The van der Waals surface area contributed by atoms with Crippen LogP contribution in [0.25, 0.3) is 0 Å². The smallest absolute Gasteiger partial charge is 0.188 e. The van der Waals surface area contributed by atoms with E-state index >= 15 is 0 Å². The van der Waals surface area contributed by atoms with Gasteiger partial charge in [0.05, 0.1) is 5.69 Å². The molecule has 4 rings (SSSR count). The van der Waals surface area contributed by atoms with Gasteiger partial charge in [-0.05, 0) is 35.9 Å². The molecule has 3 aromatic rings. The van der Waals surface area contributed by atoms with Crippen LogP contribution in [0.15, 0.2) is 77.8 Å². The Hall–Kier alpha value is -3.31. The molecule has 0 fully saturated rings. The molecule has 0 N–H and O–H groups in total. The summed E-state index contributed by atoms with van der Waals surface area (Å²) >= 11 is 0. The summed E-state index contributed by atoms with van der Waals surface area (Å²) in [5.41, 5.74) is 2.82. The van der Waals surface area contributed by atoms with Crippen LogP contribution in [-0.4, -0.2) is 5.90 Å². The Kier molecular flexibility index (Phi) is 5.54. The molecule has 0 amide bonds. The lowest BCUT2D eigenvalue weighted by Gasteiger charge is -2.10. The summed E-state index contributed by atoms with van der Waals surface area (Å²) in [6.07, 6.45) is 0.689. The summed E-state index contributed by atoms with van der Waals surface area (Å²) in [4.78, 5) is 14.7. The summed E-state index contributed by atoms with van der Waals surface area (Å²) in [6, 6.07) is 23.3. The second kappa shape index (κ2) is 8.59. The van der Waals surface area contributed by atoms with Crippen LogP contribution in [0.1, 0.15) is 24.5 Å². The van der Waals surface area contributed by atoms with Gasteiger partial charge in [-0.2, -0.15) is 4.89 Å². The summed E-state index contributed by atoms with van der Waals surface area (Å²) < 4.78 is 11.8. The van der Waals surface area contributed by atoms with Gasteiger partial charge in [-0.15, -0.1) is 0 Å². The number of hydrogen-bond acceptors (Lipinski definition) is 5. The fraction of sp³-hybridized carbons (Fsp3) is 0.174. The van der Waals surface area contributed by atoms with Crippen molar-refractivity contribution in [2.45, 2.75) is 26.6 Å². The molecule has 1 heterocycles. The maximum atomic E-state index is 5.93. The quantitative estimate of drug-likeness (QED) is 0.303. The molecule has 1 aliphatic rings. The van der Waals surface area contributed by atoms with Gasteiger partial charge in [0.25, 0.3) is 0 Å². The Morgan fingerprint density at radius 2 is 1.82 bits per heavy atom. The minimum absolute atomic E-state index is 0.420. The largest absolute Gasteiger partial charge is 0.476 e. The summed E-state index contributed by atoms with van der Waals surface area (Å²) in [5, 5.41) is 0. The van der Waals surface area contributed by atoms with Crippen LogP contribution in [-0.2, 0) is 22.8 Å². The molecule has 28 heavy (non-hydrogen) atoms. The Morgan fingerprint density at radius 3 is 2.68 bits per heavy atom. The van der Waals surface area contributed by atoms with Crippen molar-refractivity contribution in [2.24, 2.45) is 4.99 Å². The van der Waals surface area contributed by atoms with Gasteiger partial charge >= 0.3 is 0 Å². The van der Waals surface area contributed by atoms with Crippen molar-refractivity contribution in [1.29, 1.82) is 0 Å². The van der Waals surface area contributed by atoms with Crippen LogP contribution in [0.2, 0.25) is 0 Å². The summed E-state index contributed by atoms with van der Waals surface area (Å²) in [6.45, 7) is 2.90. The Bertz CT molecular complexity index is 969. The lowest BCUT2D eigenvalue weighted by molar-refractivity contribution is -0.194. The Labute approximate surface area is 164 Å².